The van der Waals surface area contributed by atoms with Gasteiger partial charge in [-0.25, -0.2) is 13.6 Å². The molecule has 3 amide bonds. The molecule has 6 nitrogen and oxygen atoms in total. The summed E-state index contributed by atoms with van der Waals surface area (Å²) in [6.07, 6.45) is 2.63. The molecule has 2 aromatic rings. The van der Waals surface area contributed by atoms with Gasteiger partial charge in [0.15, 0.2) is 0 Å². The number of carbonyl (C=O) groups excluding carboxylic acids is 2. The topological polar surface area (TPSA) is 70.7 Å². The second kappa shape index (κ2) is 8.69. The fraction of sp³-hybridized carbons (Fsp3) is 0.364. The van der Waals surface area contributed by atoms with Crippen LogP contribution in [-0.4, -0.2) is 37.2 Å². The summed E-state index contributed by atoms with van der Waals surface area (Å²) in [5, 5.41) is 5.78. The van der Waals surface area contributed by atoms with Gasteiger partial charge in [0.25, 0.3) is 5.91 Å². The first kappa shape index (κ1) is 20.1. The Balaban J connectivity index is 1.31. The number of amides is 3. The van der Waals surface area contributed by atoms with E-state index in [2.05, 4.69) is 10.6 Å². The number of halogens is 2. The molecule has 1 aliphatic carbocycles. The maximum absolute atomic E-state index is 13.3. The van der Waals surface area contributed by atoms with E-state index in [4.69, 9.17) is 4.74 Å². The average Bonchev–Trinajstić information content (AvgIpc) is 3.15. The highest BCUT2D eigenvalue weighted by Gasteiger charge is 2.25. The van der Waals surface area contributed by atoms with Crippen molar-refractivity contribution in [2.24, 2.45) is 0 Å². The summed E-state index contributed by atoms with van der Waals surface area (Å²) < 4.78 is 32.3. The summed E-state index contributed by atoms with van der Waals surface area (Å²) in [6.45, 7) is 1.16. The quantitative estimate of drug-likeness (QED) is 0.784. The minimum absolute atomic E-state index is 0.000312. The normalized spacial score (nSPS) is 21.3. The number of urea groups is 1. The Labute approximate surface area is 173 Å². The molecular formula is C22H23F2N3O3. The number of ether oxygens (including phenoxy) is 1. The molecule has 4 rings (SSSR count). The fourth-order valence-corrected chi connectivity index (χ4v) is 3.92. The molecule has 0 unspecified atom stereocenters. The number of hydrogen-bond donors (Lipinski definition) is 2. The molecule has 30 heavy (non-hydrogen) atoms. The molecule has 1 heterocycles. The largest absolute Gasteiger partial charge is 0.490 e. The summed E-state index contributed by atoms with van der Waals surface area (Å²) >= 11 is 0. The van der Waals surface area contributed by atoms with E-state index < -0.39 is 11.6 Å². The number of anilines is 1. The van der Waals surface area contributed by atoms with Crippen LogP contribution in [0.25, 0.3) is 0 Å². The Hall–Kier alpha value is -3.16. The van der Waals surface area contributed by atoms with Crippen molar-refractivity contribution in [2.45, 2.75) is 37.8 Å². The van der Waals surface area contributed by atoms with Gasteiger partial charge in [-0.3, -0.25) is 9.69 Å². The van der Waals surface area contributed by atoms with Gasteiger partial charge in [0, 0.05) is 48.6 Å². The number of nitrogens with one attached hydrogen (secondary N) is 2. The molecule has 158 valence electrons. The Morgan fingerprint density at radius 2 is 1.80 bits per heavy atom. The van der Waals surface area contributed by atoms with Crippen LogP contribution >= 0.6 is 0 Å². The Bertz CT molecular complexity index is 925. The molecule has 1 saturated heterocycles. The maximum Gasteiger partial charge on any atom is 0.321 e. The summed E-state index contributed by atoms with van der Waals surface area (Å²) in [6, 6.07) is 10.00. The molecule has 0 bridgehead atoms. The Morgan fingerprint density at radius 3 is 2.47 bits per heavy atom. The first-order chi connectivity index (χ1) is 14.5. The third-order valence-corrected chi connectivity index (χ3v) is 5.43. The highest BCUT2D eigenvalue weighted by atomic mass is 19.1. The Morgan fingerprint density at radius 1 is 1.07 bits per heavy atom. The number of benzene rings is 2. The van der Waals surface area contributed by atoms with Crippen molar-refractivity contribution in [2.75, 3.05) is 18.0 Å². The maximum atomic E-state index is 13.3. The van der Waals surface area contributed by atoms with E-state index in [1.807, 2.05) is 0 Å². The smallest absolute Gasteiger partial charge is 0.321 e. The van der Waals surface area contributed by atoms with Gasteiger partial charge in [-0.2, -0.15) is 0 Å². The zero-order chi connectivity index (χ0) is 21.1. The third-order valence-electron chi connectivity index (χ3n) is 5.43. The van der Waals surface area contributed by atoms with Crippen LogP contribution in [-0.2, 0) is 0 Å². The van der Waals surface area contributed by atoms with Gasteiger partial charge in [0.1, 0.15) is 17.4 Å². The van der Waals surface area contributed by atoms with Crippen LogP contribution in [0.4, 0.5) is 19.3 Å². The van der Waals surface area contributed by atoms with Crippen LogP contribution in [0.1, 0.15) is 36.0 Å². The molecule has 0 aromatic heterocycles. The van der Waals surface area contributed by atoms with Gasteiger partial charge in [0.05, 0.1) is 6.10 Å². The van der Waals surface area contributed by atoms with Gasteiger partial charge >= 0.3 is 6.03 Å². The highest BCUT2D eigenvalue weighted by Crippen LogP contribution is 2.25. The summed E-state index contributed by atoms with van der Waals surface area (Å²) in [4.78, 5) is 26.1. The summed E-state index contributed by atoms with van der Waals surface area (Å²) in [7, 11) is 0. The number of nitrogens with zero attached hydrogens (tertiary/aromatic N) is 1. The van der Waals surface area contributed by atoms with Crippen LogP contribution in [0.15, 0.2) is 42.5 Å². The first-order valence-corrected chi connectivity index (χ1v) is 10.1. The van der Waals surface area contributed by atoms with E-state index in [9.17, 15) is 18.4 Å². The van der Waals surface area contributed by atoms with Gasteiger partial charge < -0.3 is 15.4 Å². The van der Waals surface area contributed by atoms with E-state index in [1.165, 1.54) is 12.1 Å². The van der Waals surface area contributed by atoms with Crippen molar-refractivity contribution >= 4 is 17.6 Å². The van der Waals surface area contributed by atoms with Gasteiger partial charge in [-0.15, -0.1) is 0 Å². The second-order valence-corrected chi connectivity index (χ2v) is 7.60. The highest BCUT2D eigenvalue weighted by molar-refractivity contribution is 5.98. The lowest BCUT2D eigenvalue weighted by Crippen LogP contribution is -2.39. The lowest BCUT2D eigenvalue weighted by molar-refractivity contribution is 0.0893. The predicted molar refractivity (Wildman–Crippen MR) is 108 cm³/mol. The number of rotatable bonds is 5. The predicted octanol–water partition coefficient (Wildman–Crippen LogP) is 3.61. The van der Waals surface area contributed by atoms with E-state index >= 15 is 0 Å². The molecule has 2 fully saturated rings. The molecule has 1 aliphatic heterocycles. The van der Waals surface area contributed by atoms with Crippen molar-refractivity contribution < 1.29 is 23.1 Å². The lowest BCUT2D eigenvalue weighted by Gasteiger charge is -2.29. The molecule has 0 spiro atoms. The van der Waals surface area contributed by atoms with Crippen LogP contribution in [0.5, 0.6) is 5.75 Å². The SMILES string of the molecule is O=C(NC1CCC(Oc2cc(F)cc(F)c2)CC1)c1cccc(N2CCNC2=O)c1. The number of hydrogen-bond acceptors (Lipinski definition) is 3. The first-order valence-electron chi connectivity index (χ1n) is 10.1. The van der Waals surface area contributed by atoms with E-state index in [1.54, 1.807) is 29.2 Å². The molecular weight excluding hydrogens is 392 g/mol. The van der Waals surface area contributed by atoms with Crippen molar-refractivity contribution in [1.29, 1.82) is 0 Å². The van der Waals surface area contributed by atoms with Crippen LogP contribution in [0.3, 0.4) is 0 Å². The van der Waals surface area contributed by atoms with Crippen LogP contribution < -0.4 is 20.3 Å². The fourth-order valence-electron chi connectivity index (χ4n) is 3.92. The monoisotopic (exact) mass is 415 g/mol. The molecule has 8 heteroatoms. The zero-order valence-corrected chi connectivity index (χ0v) is 16.4. The minimum atomic E-state index is -0.667. The number of carbonyl (C=O) groups is 2. The van der Waals surface area contributed by atoms with Crippen LogP contribution in [0.2, 0.25) is 0 Å². The summed E-state index contributed by atoms with van der Waals surface area (Å²) in [5.74, 6) is -1.34. The van der Waals surface area contributed by atoms with Crippen molar-refractivity contribution in [3.05, 3.63) is 59.7 Å². The molecule has 1 saturated carbocycles. The molecule has 2 N–H and O–H groups in total. The molecule has 2 aliphatic rings. The van der Waals surface area contributed by atoms with Crippen molar-refractivity contribution in [3.8, 4) is 5.75 Å². The standard InChI is InChI=1S/C22H23F2N3O3/c23-15-11-16(24)13-20(12-15)30-19-6-4-17(5-7-19)26-21(28)14-2-1-3-18(10-14)27-9-8-25-22(27)29/h1-3,10-13,17,19H,4-9H2,(H,25,29)(H,26,28). The zero-order valence-electron chi connectivity index (χ0n) is 16.4. The van der Waals surface area contributed by atoms with Crippen LogP contribution in [0, 0.1) is 11.6 Å². The summed E-state index contributed by atoms with van der Waals surface area (Å²) in [5.41, 5.74) is 1.19. The van der Waals surface area contributed by atoms with Gasteiger partial charge in [-0.05, 0) is 43.9 Å². The van der Waals surface area contributed by atoms with Crippen molar-refractivity contribution in [3.63, 3.8) is 0 Å². The van der Waals surface area contributed by atoms with E-state index in [0.717, 1.165) is 6.07 Å². The lowest BCUT2D eigenvalue weighted by atomic mass is 9.92. The molecule has 0 radical (unpaired) electrons. The van der Waals surface area contributed by atoms with Crippen molar-refractivity contribution in [1.82, 2.24) is 10.6 Å². The molecule has 2 aromatic carbocycles. The second-order valence-electron chi connectivity index (χ2n) is 7.60. The minimum Gasteiger partial charge on any atom is -0.490 e. The molecule has 0 atom stereocenters. The third kappa shape index (κ3) is 4.69. The van der Waals surface area contributed by atoms with E-state index in [-0.39, 0.29) is 29.8 Å². The van der Waals surface area contributed by atoms with Gasteiger partial charge in [0.2, 0.25) is 0 Å². The Kier molecular flexibility index (Phi) is 5.83. The van der Waals surface area contributed by atoms with E-state index in [0.29, 0.717) is 50.0 Å². The average molecular weight is 415 g/mol. The van der Waals surface area contributed by atoms with Gasteiger partial charge in [-0.1, -0.05) is 6.07 Å².